The van der Waals surface area contributed by atoms with Crippen LogP contribution in [0, 0.1) is 0 Å². The topological polar surface area (TPSA) is 155 Å². The molecule has 300 valence electrons. The summed E-state index contributed by atoms with van der Waals surface area (Å²) in [6.07, 6.45) is 0. The second-order valence-electron chi connectivity index (χ2n) is 13.5. The van der Waals surface area contributed by atoms with E-state index in [9.17, 15) is 0 Å². The summed E-state index contributed by atoms with van der Waals surface area (Å²) in [5.74, 6) is 3.11. The van der Waals surface area contributed by atoms with Gasteiger partial charge < -0.3 is 0 Å². The quantitative estimate of drug-likeness (QED) is 0.114. The van der Waals surface area contributed by atoms with Crippen molar-refractivity contribution >= 4 is 35.3 Å². The molecule has 0 radical (unpaired) electrons. The first kappa shape index (κ1) is 39.5. The van der Waals surface area contributed by atoms with Crippen molar-refractivity contribution in [3.8, 4) is 68.3 Å². The number of hydrogen-bond acceptors (Lipinski definition) is 15. The van der Waals surface area contributed by atoms with E-state index < -0.39 is 0 Å². The highest BCUT2D eigenvalue weighted by molar-refractivity contribution is 8.00. The van der Waals surface area contributed by atoms with Gasteiger partial charge in [0.1, 0.15) is 0 Å². The van der Waals surface area contributed by atoms with Crippen molar-refractivity contribution in [2.24, 2.45) is 0 Å². The molecule has 63 heavy (non-hydrogen) atoms. The molecule has 0 bridgehead atoms. The van der Waals surface area contributed by atoms with Crippen LogP contribution in [0.3, 0.4) is 0 Å². The highest BCUT2D eigenvalue weighted by atomic mass is 32.2. The smallest absolute Gasteiger partial charge is 0.200 e. The lowest BCUT2D eigenvalue weighted by Gasteiger charge is -2.10. The van der Waals surface area contributed by atoms with Gasteiger partial charge in [-0.05, 0) is 35.3 Å². The van der Waals surface area contributed by atoms with Crippen molar-refractivity contribution in [2.45, 2.75) is 30.9 Å². The molecule has 0 amide bonds. The molecule has 10 rings (SSSR count). The fourth-order valence-electron chi connectivity index (χ4n) is 6.21. The van der Waals surface area contributed by atoms with Gasteiger partial charge in [0.2, 0.25) is 0 Å². The molecular formula is C48H30N12S3. The van der Waals surface area contributed by atoms with Gasteiger partial charge in [-0.3, -0.25) is 0 Å². The molecule has 0 saturated heterocycles. The summed E-state index contributed by atoms with van der Waals surface area (Å²) in [5, 5.41) is 2.20. The third-order valence-electron chi connectivity index (χ3n) is 9.16. The van der Waals surface area contributed by atoms with Crippen LogP contribution in [0.5, 0.6) is 0 Å². The average Bonchev–Trinajstić information content (AvgIpc) is 3.35. The molecule has 10 aromatic rings. The van der Waals surface area contributed by atoms with Gasteiger partial charge in [-0.25, -0.2) is 44.9 Å². The Bertz CT molecular complexity index is 2620. The van der Waals surface area contributed by atoms with Crippen molar-refractivity contribution in [3.63, 3.8) is 0 Å². The van der Waals surface area contributed by atoms with Crippen LogP contribution < -0.4 is 0 Å². The van der Waals surface area contributed by atoms with Crippen molar-refractivity contribution in [3.05, 3.63) is 182 Å². The van der Waals surface area contributed by atoms with Crippen LogP contribution in [-0.4, -0.2) is 59.8 Å². The minimum atomic E-state index is 0.334. The van der Waals surface area contributed by atoms with E-state index in [1.807, 2.05) is 182 Å². The third kappa shape index (κ3) is 9.66. The van der Waals surface area contributed by atoms with Crippen LogP contribution in [0.15, 0.2) is 213 Å². The Hall–Kier alpha value is -7.59. The van der Waals surface area contributed by atoms with Gasteiger partial charge >= 0.3 is 0 Å². The van der Waals surface area contributed by atoms with Gasteiger partial charge in [0.05, 0.1) is 0 Å². The molecule has 0 unspecified atom stereocenters. The van der Waals surface area contributed by atoms with E-state index in [2.05, 4.69) is 0 Å². The first-order valence-electron chi connectivity index (χ1n) is 19.6. The van der Waals surface area contributed by atoms with Crippen molar-refractivity contribution in [2.75, 3.05) is 0 Å². The van der Waals surface area contributed by atoms with E-state index in [0.29, 0.717) is 65.9 Å². The number of hydrogen-bond donors (Lipinski definition) is 0. The molecule has 12 nitrogen and oxygen atoms in total. The molecule has 0 fully saturated rings. The van der Waals surface area contributed by atoms with Crippen LogP contribution in [0.1, 0.15) is 0 Å². The Labute approximate surface area is 374 Å². The molecule has 6 aromatic carbocycles. The van der Waals surface area contributed by atoms with Crippen LogP contribution in [-0.2, 0) is 0 Å². The van der Waals surface area contributed by atoms with Gasteiger partial charge in [0.15, 0.2) is 65.9 Å². The highest BCUT2D eigenvalue weighted by Gasteiger charge is 2.20. The van der Waals surface area contributed by atoms with Gasteiger partial charge in [0, 0.05) is 33.4 Å². The lowest BCUT2D eigenvalue weighted by Crippen LogP contribution is -2.04. The number of benzene rings is 6. The monoisotopic (exact) mass is 870 g/mol. The zero-order valence-corrected chi connectivity index (χ0v) is 35.4. The third-order valence-corrected chi connectivity index (χ3v) is 11.3. The van der Waals surface area contributed by atoms with Crippen LogP contribution in [0.4, 0.5) is 0 Å². The first-order chi connectivity index (χ1) is 31.1. The molecule has 0 N–H and O–H groups in total. The van der Waals surface area contributed by atoms with Gasteiger partial charge in [0.25, 0.3) is 0 Å². The van der Waals surface area contributed by atoms with Crippen molar-refractivity contribution in [1.29, 1.82) is 0 Å². The number of aromatic nitrogens is 12. The van der Waals surface area contributed by atoms with Crippen molar-refractivity contribution in [1.82, 2.24) is 59.8 Å². The van der Waals surface area contributed by atoms with E-state index in [4.69, 9.17) is 59.8 Å². The zero-order chi connectivity index (χ0) is 42.2. The van der Waals surface area contributed by atoms with E-state index in [1.54, 1.807) is 0 Å². The lowest BCUT2D eigenvalue weighted by atomic mass is 10.2. The summed E-state index contributed by atoms with van der Waals surface area (Å²) in [6.45, 7) is 0. The summed E-state index contributed by atoms with van der Waals surface area (Å²) in [5.41, 5.74) is 5.08. The highest BCUT2D eigenvalue weighted by Crippen LogP contribution is 2.34. The molecule has 0 atom stereocenters. The maximum absolute atomic E-state index is 4.94. The fourth-order valence-corrected chi connectivity index (χ4v) is 8.46. The number of rotatable bonds is 12. The minimum Gasteiger partial charge on any atom is -0.208 e. The Kier molecular flexibility index (Phi) is 11.7. The summed E-state index contributed by atoms with van der Waals surface area (Å²) in [4.78, 5) is 58.7. The average molecular weight is 871 g/mol. The van der Waals surface area contributed by atoms with Gasteiger partial charge in [-0.2, -0.15) is 15.0 Å². The Morgan fingerprint density at radius 3 is 0.508 bits per heavy atom. The molecule has 15 heteroatoms. The second kappa shape index (κ2) is 18.6. The number of nitrogens with zero attached hydrogens (tertiary/aromatic N) is 12. The molecule has 4 aromatic heterocycles. The molecule has 0 aliphatic carbocycles. The van der Waals surface area contributed by atoms with E-state index >= 15 is 0 Å². The van der Waals surface area contributed by atoms with E-state index in [1.165, 1.54) is 35.3 Å². The fraction of sp³-hybridized carbons (Fsp3) is 0. The molecule has 0 aliphatic heterocycles. The maximum atomic E-state index is 4.94. The molecule has 0 saturated carbocycles. The second-order valence-corrected chi connectivity index (χ2v) is 16.3. The summed E-state index contributed by atoms with van der Waals surface area (Å²) in [6, 6.07) is 58.8. The SMILES string of the molecule is c1ccc(-c2nc(Sc3nc(Sc4nc(-c5ccccc5)nc(-c5ccccc5)n4)nc(Sc4nc(-c5ccccc5)nc(-c5ccccc5)n4)n3)nc(-c3ccccc3)n2)cc1. The van der Waals surface area contributed by atoms with Gasteiger partial charge in [-0.15, -0.1) is 0 Å². The van der Waals surface area contributed by atoms with Crippen LogP contribution >= 0.6 is 35.3 Å². The van der Waals surface area contributed by atoms with E-state index in [-0.39, 0.29) is 0 Å². The predicted molar refractivity (Wildman–Crippen MR) is 244 cm³/mol. The van der Waals surface area contributed by atoms with Crippen molar-refractivity contribution < 1.29 is 0 Å². The minimum absolute atomic E-state index is 0.334. The Morgan fingerprint density at radius 2 is 0.333 bits per heavy atom. The largest absolute Gasteiger partial charge is 0.208 e. The summed E-state index contributed by atoms with van der Waals surface area (Å²) >= 11 is 3.59. The predicted octanol–water partition coefficient (Wildman–Crippen LogP) is 10.9. The first-order valence-corrected chi connectivity index (χ1v) is 22.0. The standard InChI is InChI=1S/C48H30N12S3/c1-7-19-31(20-8-1)37-49-38(32-21-9-2-10-22-32)53-43(52-37)61-46-58-47(62-44-54-39(33-23-11-3-12-24-33)50-40(55-44)34-25-13-4-14-26-34)60-48(59-46)63-45-56-41(35-27-15-5-16-28-35)51-42(57-45)36-29-17-6-18-30-36/h1-30H. The normalized spacial score (nSPS) is 11.0. The Morgan fingerprint density at radius 1 is 0.175 bits per heavy atom. The summed E-state index contributed by atoms with van der Waals surface area (Å²) < 4.78 is 0. The maximum Gasteiger partial charge on any atom is 0.200 e. The van der Waals surface area contributed by atoms with Crippen LogP contribution in [0.2, 0.25) is 0 Å². The van der Waals surface area contributed by atoms with Gasteiger partial charge in [-0.1, -0.05) is 182 Å². The lowest BCUT2D eigenvalue weighted by molar-refractivity contribution is 0.710. The van der Waals surface area contributed by atoms with Crippen LogP contribution in [0.25, 0.3) is 68.3 Å². The summed E-state index contributed by atoms with van der Waals surface area (Å²) in [7, 11) is 0. The molecule has 4 heterocycles. The van der Waals surface area contributed by atoms with E-state index in [0.717, 1.165) is 33.4 Å². The zero-order valence-electron chi connectivity index (χ0n) is 32.9. The molecule has 0 spiro atoms. The molecular weight excluding hydrogens is 841 g/mol. The Balaban J connectivity index is 1.09. The molecule has 0 aliphatic rings.